The SMILES string of the molecule is CCNC(=NCCCOCC1CCOCC1)NCCc1sc(C)nc1C. The van der Waals surface area contributed by atoms with Crippen molar-refractivity contribution >= 4 is 17.3 Å². The Hall–Kier alpha value is -1.18. The molecule has 1 aliphatic heterocycles. The lowest BCUT2D eigenvalue weighted by molar-refractivity contribution is 0.0205. The second-order valence-electron chi connectivity index (χ2n) is 6.66. The fourth-order valence-corrected chi connectivity index (χ4v) is 3.90. The molecule has 148 valence electrons. The van der Waals surface area contributed by atoms with Crippen molar-refractivity contribution in [2.75, 3.05) is 46.1 Å². The zero-order valence-electron chi connectivity index (χ0n) is 16.5. The van der Waals surface area contributed by atoms with Gasteiger partial charge in [0.15, 0.2) is 5.96 Å². The van der Waals surface area contributed by atoms with Crippen molar-refractivity contribution in [2.45, 2.75) is 46.5 Å². The first kappa shape index (κ1) is 21.1. The molecule has 1 aromatic heterocycles. The lowest BCUT2D eigenvalue weighted by Gasteiger charge is -2.21. The van der Waals surface area contributed by atoms with E-state index in [0.717, 1.165) is 88.4 Å². The van der Waals surface area contributed by atoms with E-state index in [-0.39, 0.29) is 0 Å². The van der Waals surface area contributed by atoms with E-state index in [1.54, 1.807) is 11.3 Å². The van der Waals surface area contributed by atoms with Crippen LogP contribution >= 0.6 is 11.3 Å². The van der Waals surface area contributed by atoms with E-state index < -0.39 is 0 Å². The van der Waals surface area contributed by atoms with Gasteiger partial charge in [-0.25, -0.2) is 4.98 Å². The highest BCUT2D eigenvalue weighted by molar-refractivity contribution is 7.11. The molecule has 0 bridgehead atoms. The number of thiazole rings is 1. The number of aromatic nitrogens is 1. The van der Waals surface area contributed by atoms with Gasteiger partial charge in [-0.3, -0.25) is 4.99 Å². The Morgan fingerprint density at radius 2 is 2.12 bits per heavy atom. The van der Waals surface area contributed by atoms with E-state index in [2.05, 4.69) is 41.4 Å². The van der Waals surface area contributed by atoms with Gasteiger partial charge in [0.2, 0.25) is 0 Å². The monoisotopic (exact) mass is 382 g/mol. The molecule has 6 nitrogen and oxygen atoms in total. The van der Waals surface area contributed by atoms with Crippen LogP contribution in [0.15, 0.2) is 4.99 Å². The van der Waals surface area contributed by atoms with Crippen LogP contribution in [0.25, 0.3) is 0 Å². The maximum Gasteiger partial charge on any atom is 0.191 e. The predicted molar refractivity (Wildman–Crippen MR) is 108 cm³/mol. The van der Waals surface area contributed by atoms with Crippen LogP contribution in [-0.4, -0.2) is 57.0 Å². The standard InChI is InChI=1S/C19H34N4O2S/c1-4-20-19(22-10-6-18-15(2)23-16(3)26-18)21-9-5-11-25-14-17-7-12-24-13-8-17/h17H,4-14H2,1-3H3,(H2,20,21,22). The van der Waals surface area contributed by atoms with E-state index in [1.807, 2.05) is 0 Å². The maximum absolute atomic E-state index is 5.80. The lowest BCUT2D eigenvalue weighted by atomic mass is 10.0. The number of guanidine groups is 1. The second-order valence-corrected chi connectivity index (χ2v) is 7.95. The van der Waals surface area contributed by atoms with Gasteiger partial charge in [0.25, 0.3) is 0 Å². The lowest BCUT2D eigenvalue weighted by Crippen LogP contribution is -2.38. The van der Waals surface area contributed by atoms with Gasteiger partial charge >= 0.3 is 0 Å². The summed E-state index contributed by atoms with van der Waals surface area (Å²) in [4.78, 5) is 10.5. The molecule has 2 rings (SSSR count). The van der Waals surface area contributed by atoms with Crippen LogP contribution in [0.2, 0.25) is 0 Å². The molecule has 0 aliphatic carbocycles. The third-order valence-electron chi connectivity index (χ3n) is 4.40. The van der Waals surface area contributed by atoms with Gasteiger partial charge in [-0.15, -0.1) is 11.3 Å². The van der Waals surface area contributed by atoms with Crippen molar-refractivity contribution in [3.8, 4) is 0 Å². The molecule has 0 saturated carbocycles. The molecule has 2 heterocycles. The Labute approximate surface area is 161 Å². The van der Waals surface area contributed by atoms with Crippen LogP contribution in [0, 0.1) is 19.8 Å². The van der Waals surface area contributed by atoms with E-state index in [0.29, 0.717) is 5.92 Å². The largest absolute Gasteiger partial charge is 0.381 e. The van der Waals surface area contributed by atoms with E-state index in [1.165, 1.54) is 4.88 Å². The van der Waals surface area contributed by atoms with Crippen LogP contribution in [0.1, 0.15) is 41.8 Å². The van der Waals surface area contributed by atoms with E-state index in [9.17, 15) is 0 Å². The molecule has 2 N–H and O–H groups in total. The van der Waals surface area contributed by atoms with Crippen molar-refractivity contribution < 1.29 is 9.47 Å². The number of aliphatic imine (C=N–C) groups is 1. The third-order valence-corrected chi connectivity index (χ3v) is 5.53. The molecule has 7 heteroatoms. The predicted octanol–water partition coefficient (Wildman–Crippen LogP) is 2.69. The number of hydrogen-bond donors (Lipinski definition) is 2. The highest BCUT2D eigenvalue weighted by atomic mass is 32.1. The molecule has 0 radical (unpaired) electrons. The fraction of sp³-hybridized carbons (Fsp3) is 0.789. The molecular weight excluding hydrogens is 348 g/mol. The molecule has 1 aliphatic rings. The molecule has 0 spiro atoms. The zero-order valence-corrected chi connectivity index (χ0v) is 17.3. The summed E-state index contributed by atoms with van der Waals surface area (Å²) < 4.78 is 11.2. The summed E-state index contributed by atoms with van der Waals surface area (Å²) in [5.74, 6) is 1.56. The Bertz CT molecular complexity index is 542. The normalized spacial score (nSPS) is 16.0. The van der Waals surface area contributed by atoms with Crippen molar-refractivity contribution in [3.63, 3.8) is 0 Å². The zero-order chi connectivity index (χ0) is 18.6. The van der Waals surface area contributed by atoms with Gasteiger partial charge in [-0.2, -0.15) is 0 Å². The second kappa shape index (κ2) is 12.3. The molecule has 1 saturated heterocycles. The summed E-state index contributed by atoms with van der Waals surface area (Å²) in [6.45, 7) is 12.2. The van der Waals surface area contributed by atoms with Crippen LogP contribution in [0.4, 0.5) is 0 Å². The van der Waals surface area contributed by atoms with Crippen LogP contribution in [0.3, 0.4) is 0 Å². The molecular formula is C19H34N4O2S. The fourth-order valence-electron chi connectivity index (χ4n) is 2.96. The quantitative estimate of drug-likeness (QED) is 0.370. The number of aryl methyl sites for hydroxylation is 2. The van der Waals surface area contributed by atoms with Gasteiger partial charge in [-0.05, 0) is 46.0 Å². The van der Waals surface area contributed by atoms with E-state index >= 15 is 0 Å². The Balaban J connectivity index is 1.60. The van der Waals surface area contributed by atoms with Gasteiger partial charge in [0.1, 0.15) is 0 Å². The summed E-state index contributed by atoms with van der Waals surface area (Å²) in [6.07, 6.45) is 4.19. The third kappa shape index (κ3) is 8.01. The summed E-state index contributed by atoms with van der Waals surface area (Å²) in [5.41, 5.74) is 1.15. The Morgan fingerprint density at radius 3 is 2.81 bits per heavy atom. The Morgan fingerprint density at radius 1 is 1.31 bits per heavy atom. The Kier molecular flexibility index (Phi) is 9.95. The minimum Gasteiger partial charge on any atom is -0.381 e. The van der Waals surface area contributed by atoms with Crippen LogP contribution in [0.5, 0.6) is 0 Å². The molecule has 1 aromatic rings. The molecule has 1 fully saturated rings. The number of rotatable bonds is 10. The van der Waals surface area contributed by atoms with Gasteiger partial charge in [0.05, 0.1) is 10.7 Å². The molecule has 0 unspecified atom stereocenters. The van der Waals surface area contributed by atoms with Crippen molar-refractivity contribution in [3.05, 3.63) is 15.6 Å². The maximum atomic E-state index is 5.80. The highest BCUT2D eigenvalue weighted by Gasteiger charge is 2.13. The number of nitrogens with one attached hydrogen (secondary N) is 2. The first-order valence-electron chi connectivity index (χ1n) is 9.79. The highest BCUT2D eigenvalue weighted by Crippen LogP contribution is 2.17. The molecule has 0 aromatic carbocycles. The topological polar surface area (TPSA) is 67.8 Å². The smallest absolute Gasteiger partial charge is 0.191 e. The number of ether oxygens (including phenoxy) is 2. The summed E-state index contributed by atoms with van der Waals surface area (Å²) >= 11 is 1.78. The molecule has 26 heavy (non-hydrogen) atoms. The van der Waals surface area contributed by atoms with Crippen molar-refractivity contribution in [2.24, 2.45) is 10.9 Å². The van der Waals surface area contributed by atoms with Crippen molar-refractivity contribution in [1.82, 2.24) is 15.6 Å². The van der Waals surface area contributed by atoms with E-state index in [4.69, 9.17) is 9.47 Å². The minimum absolute atomic E-state index is 0.671. The van der Waals surface area contributed by atoms with Gasteiger partial charge in [0, 0.05) is 57.4 Å². The molecule has 0 atom stereocenters. The first-order valence-corrected chi connectivity index (χ1v) is 10.6. The van der Waals surface area contributed by atoms with Gasteiger partial charge < -0.3 is 20.1 Å². The van der Waals surface area contributed by atoms with Crippen LogP contribution < -0.4 is 10.6 Å². The summed E-state index contributed by atoms with van der Waals surface area (Å²) in [5, 5.41) is 7.85. The minimum atomic E-state index is 0.671. The summed E-state index contributed by atoms with van der Waals surface area (Å²) in [7, 11) is 0. The number of hydrogen-bond acceptors (Lipinski definition) is 5. The first-order chi connectivity index (χ1) is 12.7. The average Bonchev–Trinajstić information content (AvgIpc) is 2.96. The van der Waals surface area contributed by atoms with Gasteiger partial charge in [-0.1, -0.05) is 0 Å². The average molecular weight is 383 g/mol. The molecule has 0 amide bonds. The van der Waals surface area contributed by atoms with Crippen LogP contribution in [-0.2, 0) is 15.9 Å². The number of nitrogens with zero attached hydrogens (tertiary/aromatic N) is 2. The van der Waals surface area contributed by atoms with Crippen molar-refractivity contribution in [1.29, 1.82) is 0 Å². The summed E-state index contributed by atoms with van der Waals surface area (Å²) in [6, 6.07) is 0.